The van der Waals surface area contributed by atoms with Crippen LogP contribution in [0.25, 0.3) is 6.08 Å². The van der Waals surface area contributed by atoms with Crippen molar-refractivity contribution in [2.45, 2.75) is 0 Å². The number of carbonyl (C=O) groups excluding carboxylic acids is 1. The van der Waals surface area contributed by atoms with Crippen LogP contribution < -0.4 is 9.47 Å². The maximum Gasteiger partial charge on any atom is 0.336 e. The van der Waals surface area contributed by atoms with E-state index in [0.29, 0.717) is 11.5 Å². The third-order valence-corrected chi connectivity index (χ3v) is 2.50. The maximum atomic E-state index is 11.6. The van der Waals surface area contributed by atoms with Crippen molar-refractivity contribution in [3.8, 4) is 11.5 Å². The number of benzene rings is 1. The molecule has 0 fully saturated rings. The molecule has 2 aromatic rings. The van der Waals surface area contributed by atoms with Gasteiger partial charge in [0, 0.05) is 6.08 Å². The van der Waals surface area contributed by atoms with Crippen LogP contribution in [0.1, 0.15) is 5.76 Å². The highest BCUT2D eigenvalue weighted by Crippen LogP contribution is 2.31. The van der Waals surface area contributed by atoms with Crippen LogP contribution in [0.2, 0.25) is 0 Å². The van der Waals surface area contributed by atoms with E-state index in [4.69, 9.17) is 13.9 Å². The smallest absolute Gasteiger partial charge is 0.336 e. The summed E-state index contributed by atoms with van der Waals surface area (Å²) in [7, 11) is 1.39. The van der Waals surface area contributed by atoms with Crippen molar-refractivity contribution in [1.29, 1.82) is 0 Å². The predicted octanol–water partition coefficient (Wildman–Crippen LogP) is 2.82. The number of nitrogens with zero attached hydrogens (tertiary/aromatic N) is 1. The lowest BCUT2D eigenvalue weighted by Gasteiger charge is -2.04. The fourth-order valence-electron chi connectivity index (χ4n) is 1.53. The molecule has 1 heterocycles. The lowest BCUT2D eigenvalue weighted by atomic mass is 10.3. The number of methoxy groups -OCH3 is 1. The number of rotatable bonds is 5. The number of carbonyl (C=O) groups is 1. The van der Waals surface area contributed by atoms with Gasteiger partial charge in [-0.15, -0.1) is 0 Å². The van der Waals surface area contributed by atoms with E-state index >= 15 is 0 Å². The summed E-state index contributed by atoms with van der Waals surface area (Å²) in [5.41, 5.74) is -0.353. The molecular weight excluding hydrogens is 278 g/mol. The highest BCUT2D eigenvalue weighted by Gasteiger charge is 2.18. The lowest BCUT2D eigenvalue weighted by molar-refractivity contribution is -0.385. The average Bonchev–Trinajstić information content (AvgIpc) is 2.98. The second-order valence-electron chi connectivity index (χ2n) is 3.86. The van der Waals surface area contributed by atoms with Gasteiger partial charge in [-0.1, -0.05) is 0 Å². The Bertz CT molecular complexity index is 675. The minimum atomic E-state index is -0.750. The standard InChI is InChI=1S/C14H11NO6/c1-19-11-4-6-13(12(9-11)15(17)18)21-14(16)7-5-10-3-2-8-20-10/h2-9H,1H3. The fourth-order valence-corrected chi connectivity index (χ4v) is 1.53. The Morgan fingerprint density at radius 3 is 2.81 bits per heavy atom. The molecule has 0 atom stereocenters. The molecule has 0 radical (unpaired) electrons. The lowest BCUT2D eigenvalue weighted by Crippen LogP contribution is -2.06. The van der Waals surface area contributed by atoms with Crippen LogP contribution in [0, 0.1) is 10.1 Å². The van der Waals surface area contributed by atoms with Crippen LogP contribution in [0.5, 0.6) is 11.5 Å². The summed E-state index contributed by atoms with van der Waals surface area (Å²) in [6.07, 6.45) is 3.98. The third kappa shape index (κ3) is 3.69. The van der Waals surface area contributed by atoms with Gasteiger partial charge in [-0.05, 0) is 30.3 Å². The van der Waals surface area contributed by atoms with E-state index in [9.17, 15) is 14.9 Å². The van der Waals surface area contributed by atoms with Crippen molar-refractivity contribution >= 4 is 17.7 Å². The Balaban J connectivity index is 2.15. The van der Waals surface area contributed by atoms with E-state index in [1.165, 1.54) is 37.6 Å². The van der Waals surface area contributed by atoms with Crippen molar-refractivity contribution in [2.24, 2.45) is 0 Å². The molecule has 0 aliphatic carbocycles. The summed E-state index contributed by atoms with van der Waals surface area (Å²) in [6.45, 7) is 0. The minimum absolute atomic E-state index is 0.158. The molecule has 108 valence electrons. The van der Waals surface area contributed by atoms with Gasteiger partial charge >= 0.3 is 11.7 Å². The molecule has 2 rings (SSSR count). The summed E-state index contributed by atoms with van der Waals surface area (Å²) < 4.78 is 14.8. The van der Waals surface area contributed by atoms with Crippen LogP contribution in [-0.4, -0.2) is 18.0 Å². The summed E-state index contributed by atoms with van der Waals surface area (Å²) in [5, 5.41) is 10.9. The van der Waals surface area contributed by atoms with Crippen molar-refractivity contribution in [3.05, 3.63) is 58.5 Å². The quantitative estimate of drug-likeness (QED) is 0.276. The number of furan rings is 1. The van der Waals surface area contributed by atoms with E-state index < -0.39 is 10.9 Å². The molecule has 0 aliphatic heterocycles. The van der Waals surface area contributed by atoms with Crippen LogP contribution in [0.4, 0.5) is 5.69 Å². The van der Waals surface area contributed by atoms with Crippen molar-refractivity contribution in [2.75, 3.05) is 7.11 Å². The summed E-state index contributed by atoms with van der Waals surface area (Å²) in [5.74, 6) is -0.140. The highest BCUT2D eigenvalue weighted by molar-refractivity contribution is 5.88. The van der Waals surface area contributed by atoms with E-state index in [1.807, 2.05) is 0 Å². The molecule has 0 unspecified atom stereocenters. The molecule has 7 nitrogen and oxygen atoms in total. The van der Waals surface area contributed by atoms with Gasteiger partial charge < -0.3 is 13.9 Å². The summed E-state index contributed by atoms with van der Waals surface area (Å²) >= 11 is 0. The van der Waals surface area contributed by atoms with E-state index in [2.05, 4.69) is 0 Å². The number of hydrogen-bond donors (Lipinski definition) is 0. The first-order chi connectivity index (χ1) is 10.1. The van der Waals surface area contributed by atoms with Crippen LogP contribution in [0.15, 0.2) is 47.1 Å². The molecule has 0 saturated heterocycles. The van der Waals surface area contributed by atoms with Gasteiger partial charge in [-0.25, -0.2) is 4.79 Å². The zero-order chi connectivity index (χ0) is 15.2. The molecule has 7 heteroatoms. The Morgan fingerprint density at radius 2 is 2.19 bits per heavy atom. The molecule has 1 aromatic heterocycles. The normalized spacial score (nSPS) is 10.5. The molecule has 0 bridgehead atoms. The van der Waals surface area contributed by atoms with Crippen LogP contribution in [-0.2, 0) is 4.79 Å². The van der Waals surface area contributed by atoms with Gasteiger partial charge in [0.1, 0.15) is 11.5 Å². The van der Waals surface area contributed by atoms with Crippen molar-refractivity contribution in [1.82, 2.24) is 0 Å². The van der Waals surface area contributed by atoms with Crippen molar-refractivity contribution < 1.29 is 23.6 Å². The van der Waals surface area contributed by atoms with Crippen LogP contribution in [0.3, 0.4) is 0 Å². The molecule has 0 N–H and O–H groups in total. The number of ether oxygens (including phenoxy) is 2. The largest absolute Gasteiger partial charge is 0.496 e. The van der Waals surface area contributed by atoms with Gasteiger partial charge in [0.25, 0.3) is 0 Å². The number of hydrogen-bond acceptors (Lipinski definition) is 6. The maximum absolute atomic E-state index is 11.6. The zero-order valence-corrected chi connectivity index (χ0v) is 11.0. The van der Waals surface area contributed by atoms with Gasteiger partial charge in [-0.2, -0.15) is 0 Å². The van der Waals surface area contributed by atoms with Gasteiger partial charge in [0.05, 0.1) is 24.4 Å². The van der Waals surface area contributed by atoms with E-state index in [0.717, 1.165) is 6.08 Å². The second kappa shape index (κ2) is 6.38. The highest BCUT2D eigenvalue weighted by atomic mass is 16.6. The van der Waals surface area contributed by atoms with Gasteiger partial charge in [-0.3, -0.25) is 10.1 Å². The van der Waals surface area contributed by atoms with E-state index in [1.54, 1.807) is 12.1 Å². The molecule has 21 heavy (non-hydrogen) atoms. The topological polar surface area (TPSA) is 91.8 Å². The Kier molecular flexibility index (Phi) is 4.35. The Morgan fingerprint density at radius 1 is 1.38 bits per heavy atom. The first kappa shape index (κ1) is 14.3. The Hall–Kier alpha value is -3.09. The molecule has 0 saturated carbocycles. The number of esters is 1. The van der Waals surface area contributed by atoms with Gasteiger partial charge in [0.2, 0.25) is 5.75 Å². The third-order valence-electron chi connectivity index (χ3n) is 2.50. The zero-order valence-electron chi connectivity index (χ0n) is 11.0. The number of nitro benzene ring substituents is 1. The second-order valence-corrected chi connectivity index (χ2v) is 3.86. The summed E-state index contributed by atoms with van der Waals surface area (Å²) in [4.78, 5) is 21.9. The molecule has 0 amide bonds. The summed E-state index contributed by atoms with van der Waals surface area (Å²) in [6, 6.07) is 7.26. The molecule has 0 aliphatic rings. The number of nitro groups is 1. The first-order valence-electron chi connectivity index (χ1n) is 5.86. The Labute approximate surface area is 119 Å². The van der Waals surface area contributed by atoms with Crippen molar-refractivity contribution in [3.63, 3.8) is 0 Å². The van der Waals surface area contributed by atoms with Gasteiger partial charge in [0.15, 0.2) is 0 Å². The molecular formula is C14H11NO6. The average molecular weight is 289 g/mol. The van der Waals surface area contributed by atoms with E-state index in [-0.39, 0.29) is 11.4 Å². The minimum Gasteiger partial charge on any atom is -0.496 e. The SMILES string of the molecule is COc1ccc(OC(=O)C=Cc2ccco2)c([N+](=O)[O-])c1. The molecule has 1 aromatic carbocycles. The fraction of sp³-hybridized carbons (Fsp3) is 0.0714. The predicted molar refractivity (Wildman–Crippen MR) is 73.0 cm³/mol. The monoisotopic (exact) mass is 289 g/mol. The first-order valence-corrected chi connectivity index (χ1v) is 5.86. The molecule has 0 spiro atoms. The van der Waals surface area contributed by atoms with Crippen LogP contribution >= 0.6 is 0 Å².